The van der Waals surface area contributed by atoms with Crippen LogP contribution in [-0.2, 0) is 20.6 Å². The standard InChI is InChI=1S/C17H14F3N3O3S/c18-17(19,20)8-1-4-13-11(5-8)23-16(26)14(27-13)6-12(24)10(7-21)15(25)22-9-2-3-9/h1,4-5,9-10,14H,2-3,6H2,(H,22,25)(H,23,26)/t10-,14+/m0/s1. The van der Waals surface area contributed by atoms with E-state index in [0.29, 0.717) is 4.90 Å². The van der Waals surface area contributed by atoms with Crippen molar-refractivity contribution in [1.82, 2.24) is 5.32 Å². The van der Waals surface area contributed by atoms with Gasteiger partial charge in [-0.3, -0.25) is 14.4 Å². The first-order chi connectivity index (χ1) is 12.7. The number of hydrogen-bond donors (Lipinski definition) is 2. The fourth-order valence-electron chi connectivity index (χ4n) is 2.55. The average Bonchev–Trinajstić information content (AvgIpc) is 3.38. The fraction of sp³-hybridized carbons (Fsp3) is 0.412. The van der Waals surface area contributed by atoms with E-state index >= 15 is 0 Å². The highest BCUT2D eigenvalue weighted by Gasteiger charge is 2.37. The molecule has 3 rings (SSSR count). The zero-order valence-corrected chi connectivity index (χ0v) is 14.6. The third kappa shape index (κ3) is 4.42. The van der Waals surface area contributed by atoms with Gasteiger partial charge in [-0.2, -0.15) is 18.4 Å². The van der Waals surface area contributed by atoms with Crippen molar-refractivity contribution in [2.45, 2.75) is 41.6 Å². The molecule has 0 bridgehead atoms. The number of fused-ring (bicyclic) bond motifs is 1. The highest BCUT2D eigenvalue weighted by Crippen LogP contribution is 2.40. The van der Waals surface area contributed by atoms with Gasteiger partial charge in [-0.05, 0) is 31.0 Å². The summed E-state index contributed by atoms with van der Waals surface area (Å²) in [7, 11) is 0. The molecule has 142 valence electrons. The van der Waals surface area contributed by atoms with Gasteiger partial charge in [0.05, 0.1) is 22.6 Å². The molecule has 0 unspecified atom stereocenters. The second-order valence-electron chi connectivity index (χ2n) is 6.32. The molecule has 1 saturated carbocycles. The number of hydrogen-bond acceptors (Lipinski definition) is 5. The number of carbonyl (C=O) groups is 3. The number of Topliss-reactive ketones (excluding diaryl/α,β-unsaturated/α-hetero) is 1. The first kappa shape index (κ1) is 19.2. The second kappa shape index (κ2) is 7.23. The predicted octanol–water partition coefficient (Wildman–Crippen LogP) is 2.50. The van der Waals surface area contributed by atoms with Crippen LogP contribution in [0, 0.1) is 17.2 Å². The van der Waals surface area contributed by atoms with E-state index in [4.69, 9.17) is 5.26 Å². The smallest absolute Gasteiger partial charge is 0.352 e. The Morgan fingerprint density at radius 1 is 1.37 bits per heavy atom. The van der Waals surface area contributed by atoms with E-state index in [1.807, 2.05) is 0 Å². The molecule has 6 nitrogen and oxygen atoms in total. The Balaban J connectivity index is 1.69. The maximum Gasteiger partial charge on any atom is 0.416 e. The summed E-state index contributed by atoms with van der Waals surface area (Å²) in [6.07, 6.45) is -3.30. The molecular formula is C17H14F3N3O3S. The number of anilines is 1. The molecule has 1 aromatic carbocycles. The highest BCUT2D eigenvalue weighted by molar-refractivity contribution is 8.01. The van der Waals surface area contributed by atoms with Crippen molar-refractivity contribution in [3.63, 3.8) is 0 Å². The second-order valence-corrected chi connectivity index (χ2v) is 7.56. The number of thioether (sulfide) groups is 1. The molecule has 0 aromatic heterocycles. The van der Waals surface area contributed by atoms with E-state index in [9.17, 15) is 27.6 Å². The molecule has 1 fully saturated rings. The van der Waals surface area contributed by atoms with Crippen LogP contribution in [0.1, 0.15) is 24.8 Å². The van der Waals surface area contributed by atoms with Crippen LogP contribution in [0.25, 0.3) is 0 Å². The van der Waals surface area contributed by atoms with Crippen LogP contribution in [-0.4, -0.2) is 28.9 Å². The van der Waals surface area contributed by atoms with E-state index in [-0.39, 0.29) is 18.2 Å². The van der Waals surface area contributed by atoms with Crippen molar-refractivity contribution in [1.29, 1.82) is 5.26 Å². The molecule has 10 heteroatoms. The first-order valence-electron chi connectivity index (χ1n) is 8.10. The topological polar surface area (TPSA) is 99.1 Å². The maximum atomic E-state index is 12.8. The van der Waals surface area contributed by atoms with E-state index in [1.165, 1.54) is 6.07 Å². The summed E-state index contributed by atoms with van der Waals surface area (Å²) in [4.78, 5) is 36.8. The normalized spacial score (nSPS) is 20.1. The molecular weight excluding hydrogens is 383 g/mol. The Morgan fingerprint density at radius 2 is 2.07 bits per heavy atom. The number of alkyl halides is 3. The number of halogens is 3. The van der Waals surface area contributed by atoms with Gasteiger partial charge in [0.15, 0.2) is 11.7 Å². The van der Waals surface area contributed by atoms with Crippen LogP contribution in [0.15, 0.2) is 23.1 Å². The first-order valence-corrected chi connectivity index (χ1v) is 8.98. The number of carbonyl (C=O) groups excluding carboxylic acids is 3. The summed E-state index contributed by atoms with van der Waals surface area (Å²) < 4.78 is 38.3. The van der Waals surface area contributed by atoms with Crippen molar-refractivity contribution >= 4 is 35.0 Å². The van der Waals surface area contributed by atoms with Crippen molar-refractivity contribution in [3.8, 4) is 6.07 Å². The number of nitrogens with one attached hydrogen (secondary N) is 2. The lowest BCUT2D eigenvalue weighted by atomic mass is 10.00. The summed E-state index contributed by atoms with van der Waals surface area (Å²) in [6.45, 7) is 0. The third-order valence-electron chi connectivity index (χ3n) is 4.15. The Labute approximate surface area is 156 Å². The van der Waals surface area contributed by atoms with Crippen molar-refractivity contribution in [2.24, 2.45) is 5.92 Å². The molecule has 0 radical (unpaired) electrons. The number of nitrogens with zero attached hydrogens (tertiary/aromatic N) is 1. The van der Waals surface area contributed by atoms with Crippen LogP contribution in [0.4, 0.5) is 18.9 Å². The fourth-order valence-corrected chi connectivity index (χ4v) is 3.65. The minimum Gasteiger partial charge on any atom is -0.352 e. The molecule has 1 aromatic rings. The Hall–Kier alpha value is -2.54. The van der Waals surface area contributed by atoms with Crippen LogP contribution in [0.3, 0.4) is 0 Å². The van der Waals surface area contributed by atoms with Crippen molar-refractivity contribution in [3.05, 3.63) is 23.8 Å². The van der Waals surface area contributed by atoms with Crippen LogP contribution < -0.4 is 10.6 Å². The monoisotopic (exact) mass is 397 g/mol. The lowest BCUT2D eigenvalue weighted by molar-refractivity contribution is -0.137. The molecule has 1 aliphatic carbocycles. The van der Waals surface area contributed by atoms with Crippen molar-refractivity contribution < 1.29 is 27.6 Å². The van der Waals surface area contributed by atoms with Gasteiger partial charge in [-0.15, -0.1) is 11.8 Å². The molecule has 27 heavy (non-hydrogen) atoms. The van der Waals surface area contributed by atoms with Gasteiger partial charge in [0.1, 0.15) is 0 Å². The summed E-state index contributed by atoms with van der Waals surface area (Å²) in [5, 5.41) is 13.1. The molecule has 0 saturated heterocycles. The van der Waals surface area contributed by atoms with Crippen LogP contribution in [0.5, 0.6) is 0 Å². The Bertz CT molecular complexity index is 846. The third-order valence-corrected chi connectivity index (χ3v) is 5.43. The number of rotatable bonds is 5. The van der Waals surface area contributed by atoms with Crippen LogP contribution >= 0.6 is 11.8 Å². The molecule has 2 N–H and O–H groups in total. The lowest BCUT2D eigenvalue weighted by Gasteiger charge is -2.25. The number of benzene rings is 1. The minimum absolute atomic E-state index is 0.0109. The van der Waals surface area contributed by atoms with Gasteiger partial charge in [0.25, 0.3) is 0 Å². The zero-order valence-electron chi connectivity index (χ0n) is 13.8. The van der Waals surface area contributed by atoms with Gasteiger partial charge >= 0.3 is 6.18 Å². The minimum atomic E-state index is -4.54. The average molecular weight is 397 g/mol. The summed E-state index contributed by atoms with van der Waals surface area (Å²) >= 11 is 0.937. The van der Waals surface area contributed by atoms with Gasteiger partial charge in [-0.1, -0.05) is 0 Å². The highest BCUT2D eigenvalue weighted by atomic mass is 32.2. The van der Waals surface area contributed by atoms with Gasteiger partial charge < -0.3 is 10.6 Å². The van der Waals surface area contributed by atoms with E-state index in [2.05, 4.69) is 10.6 Å². The van der Waals surface area contributed by atoms with Gasteiger partial charge in [0, 0.05) is 17.4 Å². The number of nitriles is 1. The summed E-state index contributed by atoms with van der Waals surface area (Å²) in [5.41, 5.74) is -0.871. The molecule has 2 aliphatic rings. The maximum absolute atomic E-state index is 12.8. The lowest BCUT2D eigenvalue weighted by Crippen LogP contribution is -2.38. The Morgan fingerprint density at radius 3 is 2.67 bits per heavy atom. The van der Waals surface area contributed by atoms with E-state index in [1.54, 1.807) is 6.07 Å². The zero-order chi connectivity index (χ0) is 19.8. The summed E-state index contributed by atoms with van der Waals surface area (Å²) in [6, 6.07) is 4.59. The molecule has 1 heterocycles. The number of ketones is 1. The Kier molecular flexibility index (Phi) is 5.15. The van der Waals surface area contributed by atoms with Gasteiger partial charge in [-0.25, -0.2) is 0 Å². The molecule has 0 spiro atoms. The SMILES string of the molecule is N#C[C@@H](C(=O)C[C@H]1Sc2ccc(C(F)(F)F)cc2NC1=O)C(=O)NC1CC1. The summed E-state index contributed by atoms with van der Waals surface area (Å²) in [5.74, 6) is -3.52. The van der Waals surface area contributed by atoms with Gasteiger partial charge in [0.2, 0.25) is 11.8 Å². The largest absolute Gasteiger partial charge is 0.416 e. The van der Waals surface area contributed by atoms with E-state index in [0.717, 1.165) is 36.7 Å². The quantitative estimate of drug-likeness (QED) is 0.744. The van der Waals surface area contributed by atoms with Crippen molar-refractivity contribution in [2.75, 3.05) is 5.32 Å². The molecule has 2 atom stereocenters. The predicted molar refractivity (Wildman–Crippen MR) is 89.6 cm³/mol. The van der Waals surface area contributed by atoms with Crippen LogP contribution in [0.2, 0.25) is 0 Å². The number of amides is 2. The van der Waals surface area contributed by atoms with E-state index < -0.39 is 40.5 Å². The molecule has 2 amide bonds. The molecule has 1 aliphatic heterocycles.